The summed E-state index contributed by atoms with van der Waals surface area (Å²) in [6.07, 6.45) is 0. The highest BCUT2D eigenvalue weighted by Crippen LogP contribution is 2.36. The van der Waals surface area contributed by atoms with Crippen molar-refractivity contribution in [2.75, 3.05) is 22.5 Å². The maximum atomic E-state index is 12.6. The van der Waals surface area contributed by atoms with Crippen LogP contribution < -0.4 is 14.4 Å². The molecule has 0 aliphatic carbocycles. The van der Waals surface area contributed by atoms with Crippen LogP contribution in [-0.2, 0) is 14.8 Å². The molecule has 0 atom stereocenters. The fraction of sp³-hybridized carbons (Fsp3) is 0.263. The zero-order valence-electron chi connectivity index (χ0n) is 15.2. The number of sulfonamides is 1. The van der Waals surface area contributed by atoms with Crippen molar-refractivity contribution in [3.05, 3.63) is 54.1 Å². The van der Waals surface area contributed by atoms with Crippen LogP contribution in [0.5, 0.6) is 5.75 Å². The monoisotopic (exact) mass is 388 g/mol. The van der Waals surface area contributed by atoms with Gasteiger partial charge in [-0.05, 0) is 44.2 Å². The van der Waals surface area contributed by atoms with Crippen LogP contribution in [0, 0.1) is 5.41 Å². The molecule has 1 N–H and O–H groups in total. The van der Waals surface area contributed by atoms with Crippen LogP contribution >= 0.6 is 0 Å². The molecule has 2 amide bonds. The Hall–Kier alpha value is -2.87. The number of amides is 2. The van der Waals surface area contributed by atoms with Crippen molar-refractivity contribution in [2.24, 2.45) is 5.41 Å². The summed E-state index contributed by atoms with van der Waals surface area (Å²) in [6.45, 7) is 3.18. The van der Waals surface area contributed by atoms with Crippen molar-refractivity contribution in [1.82, 2.24) is 0 Å². The molecule has 8 heteroatoms. The molecule has 2 aromatic carbocycles. The molecule has 142 valence electrons. The van der Waals surface area contributed by atoms with Gasteiger partial charge in [-0.15, -0.1) is 0 Å². The largest absolute Gasteiger partial charge is 0.495 e. The van der Waals surface area contributed by atoms with Crippen molar-refractivity contribution >= 4 is 33.2 Å². The topological polar surface area (TPSA) is 92.8 Å². The number of nitrogens with zero attached hydrogens (tertiary/aromatic N) is 1. The van der Waals surface area contributed by atoms with Crippen molar-refractivity contribution in [3.8, 4) is 5.75 Å². The quantitative estimate of drug-likeness (QED) is 0.869. The van der Waals surface area contributed by atoms with Crippen molar-refractivity contribution in [2.45, 2.75) is 13.8 Å². The predicted molar refractivity (Wildman–Crippen MR) is 102 cm³/mol. The molecule has 27 heavy (non-hydrogen) atoms. The molecule has 1 aliphatic rings. The molecule has 1 heterocycles. The van der Waals surface area contributed by atoms with Gasteiger partial charge in [0.1, 0.15) is 5.75 Å². The van der Waals surface area contributed by atoms with E-state index in [-0.39, 0.29) is 17.0 Å². The lowest BCUT2D eigenvalue weighted by Crippen LogP contribution is -2.33. The lowest BCUT2D eigenvalue weighted by Gasteiger charge is -2.18. The average molecular weight is 388 g/mol. The highest BCUT2D eigenvalue weighted by atomic mass is 32.2. The van der Waals surface area contributed by atoms with E-state index in [9.17, 15) is 18.0 Å². The van der Waals surface area contributed by atoms with Crippen molar-refractivity contribution < 1.29 is 22.7 Å². The van der Waals surface area contributed by atoms with E-state index in [0.29, 0.717) is 11.4 Å². The van der Waals surface area contributed by atoms with E-state index in [1.807, 2.05) is 0 Å². The van der Waals surface area contributed by atoms with Gasteiger partial charge in [-0.25, -0.2) is 12.7 Å². The maximum Gasteiger partial charge on any atom is 0.255 e. The number of carbonyl (C=O) groups is 2. The Morgan fingerprint density at radius 2 is 1.85 bits per heavy atom. The third kappa shape index (κ3) is 3.52. The second-order valence-corrected chi connectivity index (χ2v) is 8.73. The summed E-state index contributed by atoms with van der Waals surface area (Å²) in [7, 11) is -2.28. The van der Waals surface area contributed by atoms with Crippen LogP contribution in [0.3, 0.4) is 0 Å². The van der Waals surface area contributed by atoms with Gasteiger partial charge in [0.25, 0.3) is 5.91 Å². The van der Waals surface area contributed by atoms with Crippen molar-refractivity contribution in [1.29, 1.82) is 0 Å². The van der Waals surface area contributed by atoms with E-state index in [4.69, 9.17) is 4.74 Å². The van der Waals surface area contributed by atoms with Crippen LogP contribution in [0.4, 0.5) is 11.4 Å². The van der Waals surface area contributed by atoms with Gasteiger partial charge < -0.3 is 10.1 Å². The van der Waals surface area contributed by atoms with Gasteiger partial charge in [0.2, 0.25) is 15.9 Å². The first-order chi connectivity index (χ1) is 12.7. The van der Waals surface area contributed by atoms with Gasteiger partial charge >= 0.3 is 0 Å². The van der Waals surface area contributed by atoms with Gasteiger partial charge in [-0.2, -0.15) is 0 Å². The van der Waals surface area contributed by atoms with E-state index in [1.54, 1.807) is 50.2 Å². The Bertz CT molecular complexity index is 1010. The molecule has 0 radical (unpaired) electrons. The summed E-state index contributed by atoms with van der Waals surface area (Å²) in [5, 5.41) is 2.73. The minimum Gasteiger partial charge on any atom is -0.495 e. The number of rotatable bonds is 4. The number of hydrogen-bond donors (Lipinski definition) is 1. The molecule has 0 unspecified atom stereocenters. The zero-order valence-corrected chi connectivity index (χ0v) is 16.0. The Morgan fingerprint density at radius 1 is 1.15 bits per heavy atom. The van der Waals surface area contributed by atoms with Crippen LogP contribution in [-0.4, -0.2) is 33.1 Å². The minimum absolute atomic E-state index is 0.151. The number of anilines is 2. The predicted octanol–water partition coefficient (Wildman–Crippen LogP) is 2.65. The maximum absolute atomic E-state index is 12.6. The Labute approximate surface area is 158 Å². The Morgan fingerprint density at radius 3 is 2.48 bits per heavy atom. The summed E-state index contributed by atoms with van der Waals surface area (Å²) in [5.41, 5.74) is -0.139. The summed E-state index contributed by atoms with van der Waals surface area (Å²) < 4.78 is 30.9. The third-order valence-electron chi connectivity index (χ3n) is 4.28. The summed E-state index contributed by atoms with van der Waals surface area (Å²) in [6, 6.07) is 12.9. The summed E-state index contributed by atoms with van der Waals surface area (Å²) in [5.74, 6) is -0.716. The first kappa shape index (κ1) is 18.9. The molecule has 1 saturated heterocycles. The fourth-order valence-electron chi connectivity index (χ4n) is 2.98. The molecular formula is C19H20N2O5S. The summed E-state index contributed by atoms with van der Waals surface area (Å²) in [4.78, 5) is 25.1. The SMILES string of the molecule is COc1ccccc1NC(=O)c1cccc(N2C(=O)C(C)(C)CS2(=O)=O)c1. The number of nitrogens with one attached hydrogen (secondary N) is 1. The molecule has 2 aromatic rings. The van der Waals surface area contributed by atoms with Gasteiger partial charge in [0, 0.05) is 5.56 Å². The number of methoxy groups -OCH3 is 1. The molecule has 7 nitrogen and oxygen atoms in total. The van der Waals surface area contributed by atoms with E-state index in [0.717, 1.165) is 4.31 Å². The molecular weight excluding hydrogens is 368 g/mol. The second-order valence-electron chi connectivity index (χ2n) is 6.91. The standard InChI is InChI=1S/C19H20N2O5S/c1-19(2)12-27(24,25)21(18(19)23)14-8-6-7-13(11-14)17(22)20-15-9-4-5-10-16(15)26-3/h4-11H,12H2,1-3H3,(H,20,22). The normalized spacial score (nSPS) is 17.6. The Balaban J connectivity index is 1.92. The molecule has 0 saturated carbocycles. The molecule has 0 spiro atoms. The fourth-order valence-corrected chi connectivity index (χ4v) is 5.08. The van der Waals surface area contributed by atoms with E-state index in [1.165, 1.54) is 19.2 Å². The number of ether oxygens (including phenoxy) is 1. The molecule has 1 aliphatic heterocycles. The number of hydrogen-bond acceptors (Lipinski definition) is 5. The highest BCUT2D eigenvalue weighted by molar-refractivity contribution is 7.94. The van der Waals surface area contributed by atoms with Gasteiger partial charge in [-0.1, -0.05) is 18.2 Å². The highest BCUT2D eigenvalue weighted by Gasteiger charge is 2.49. The molecule has 0 aromatic heterocycles. The Kier molecular flexibility index (Phi) is 4.69. The van der Waals surface area contributed by atoms with Crippen LogP contribution in [0.2, 0.25) is 0 Å². The first-order valence-corrected chi connectivity index (χ1v) is 9.88. The number of benzene rings is 2. The van der Waals surface area contributed by atoms with E-state index < -0.39 is 27.3 Å². The zero-order chi connectivity index (χ0) is 19.8. The molecule has 3 rings (SSSR count). The molecule has 1 fully saturated rings. The number of para-hydroxylation sites is 2. The lowest BCUT2D eigenvalue weighted by atomic mass is 9.95. The summed E-state index contributed by atoms with van der Waals surface area (Å²) >= 11 is 0. The number of carbonyl (C=O) groups excluding carboxylic acids is 2. The van der Waals surface area contributed by atoms with Crippen LogP contribution in [0.25, 0.3) is 0 Å². The van der Waals surface area contributed by atoms with Crippen LogP contribution in [0.15, 0.2) is 48.5 Å². The van der Waals surface area contributed by atoms with Crippen LogP contribution in [0.1, 0.15) is 24.2 Å². The third-order valence-corrected chi connectivity index (χ3v) is 6.30. The lowest BCUT2D eigenvalue weighted by molar-refractivity contribution is -0.123. The molecule has 0 bridgehead atoms. The van der Waals surface area contributed by atoms with Crippen molar-refractivity contribution in [3.63, 3.8) is 0 Å². The van der Waals surface area contributed by atoms with Gasteiger partial charge in [0.05, 0.1) is 29.7 Å². The van der Waals surface area contributed by atoms with E-state index >= 15 is 0 Å². The average Bonchev–Trinajstić information content (AvgIpc) is 2.78. The smallest absolute Gasteiger partial charge is 0.255 e. The minimum atomic E-state index is -3.78. The van der Waals surface area contributed by atoms with Gasteiger partial charge in [-0.3, -0.25) is 9.59 Å². The van der Waals surface area contributed by atoms with Gasteiger partial charge in [0.15, 0.2) is 0 Å². The second kappa shape index (κ2) is 6.70. The van der Waals surface area contributed by atoms with E-state index in [2.05, 4.69) is 5.32 Å². The first-order valence-electron chi connectivity index (χ1n) is 8.27.